The maximum atomic E-state index is 5.68. The molecule has 0 radical (unpaired) electrons. The molecule has 6 heteroatoms. The van der Waals surface area contributed by atoms with E-state index < -0.39 is 7.92 Å². The number of rotatable bonds is 7. The molecule has 2 aliphatic carbocycles. The van der Waals surface area contributed by atoms with Crippen molar-refractivity contribution in [3.05, 3.63) is 53.9 Å². The van der Waals surface area contributed by atoms with Gasteiger partial charge in [0.05, 0.1) is 14.2 Å². The second-order valence-corrected chi connectivity index (χ2v) is 14.8. The third-order valence-corrected chi connectivity index (χ3v) is 13.0. The second kappa shape index (κ2) is 16.8. The minimum absolute atomic E-state index is 0. The summed E-state index contributed by atoms with van der Waals surface area (Å²) in [7, 11) is 7.41. The summed E-state index contributed by atoms with van der Waals surface area (Å²) in [4.78, 5) is 2.86. The Balaban J connectivity index is 0.000000976. The first-order chi connectivity index (χ1) is 17.6. The Kier molecular flexibility index (Phi) is 15.7. The molecule has 0 heterocycles. The van der Waals surface area contributed by atoms with Crippen molar-refractivity contribution in [3.8, 4) is 11.5 Å². The van der Waals surface area contributed by atoms with Crippen LogP contribution in [0.25, 0.3) is 0 Å². The second-order valence-electron chi connectivity index (χ2n) is 11.3. The van der Waals surface area contributed by atoms with Crippen molar-refractivity contribution >= 4 is 34.5 Å². The van der Waals surface area contributed by atoms with Crippen molar-refractivity contribution in [3.63, 3.8) is 0 Å². The predicted molar refractivity (Wildman–Crippen MR) is 173 cm³/mol. The van der Waals surface area contributed by atoms with Gasteiger partial charge in [-0.05, 0) is 133 Å². The zero-order valence-corrected chi connectivity index (χ0v) is 29.6. The summed E-state index contributed by atoms with van der Waals surface area (Å²) in [6, 6.07) is 10.0. The molecular weight excluding hydrogens is 609 g/mol. The SMILES string of the molecule is C1CCCC1.COc1c(C)cc(P(c2cc(C)c(OC)c(C)c2)C2CCC([C@@H](C)N(C)C)C2Br)cc1C.[CH3-].[Fe]. The summed E-state index contributed by atoms with van der Waals surface area (Å²) in [5, 5.41) is 2.90. The van der Waals surface area contributed by atoms with Gasteiger partial charge in [0.1, 0.15) is 11.5 Å². The number of nitrogens with zero attached hydrogens (tertiary/aromatic N) is 1. The van der Waals surface area contributed by atoms with Gasteiger partial charge in [-0.15, -0.1) is 0 Å². The normalized spacial score (nSPS) is 21.1. The molecule has 39 heavy (non-hydrogen) atoms. The molecular formula is C33H52BrFeNO2P-. The van der Waals surface area contributed by atoms with Gasteiger partial charge < -0.3 is 21.8 Å². The molecule has 2 saturated carbocycles. The zero-order chi connectivity index (χ0) is 27.3. The number of aryl methyl sites for hydroxylation is 4. The van der Waals surface area contributed by atoms with Gasteiger partial charge in [0.15, 0.2) is 0 Å². The van der Waals surface area contributed by atoms with Gasteiger partial charge in [-0.2, -0.15) is 0 Å². The first-order valence-corrected chi connectivity index (χ1v) is 16.3. The molecule has 0 aliphatic heterocycles. The Labute approximate surface area is 260 Å². The average Bonchev–Trinajstić information content (AvgIpc) is 3.53. The van der Waals surface area contributed by atoms with Gasteiger partial charge in [0, 0.05) is 33.6 Å². The Bertz CT molecular complexity index is 929. The molecule has 0 aromatic heterocycles. The Morgan fingerprint density at radius 1 is 0.769 bits per heavy atom. The molecule has 4 atom stereocenters. The standard InChI is InChI=1S/C27H39BrNO2P.C5H10.CH3.Fe/c1-16-12-21(13-17(2)26(16)30-8)32(22-14-18(3)27(31-9)19(4)15-22)24-11-10-23(25(24)28)20(5)29(6)7;1-2-4-5-3-1;;/h12-15,20,23-25H,10-11H2,1-9H3;1-5H2;1H3;/q;;-1;/t20-,23?,24?,25?;;;/m1.../s1. The monoisotopic (exact) mass is 660 g/mol. The van der Waals surface area contributed by atoms with Crippen LogP contribution in [0.5, 0.6) is 11.5 Å². The van der Waals surface area contributed by atoms with E-state index in [0.717, 1.165) is 11.5 Å². The van der Waals surface area contributed by atoms with Gasteiger partial charge in [-0.1, -0.05) is 48.0 Å². The third kappa shape index (κ3) is 8.71. The first-order valence-electron chi connectivity index (χ1n) is 14.0. The van der Waals surface area contributed by atoms with Gasteiger partial charge >= 0.3 is 0 Å². The van der Waals surface area contributed by atoms with Gasteiger partial charge in [0.2, 0.25) is 0 Å². The van der Waals surface area contributed by atoms with E-state index in [0.29, 0.717) is 22.4 Å². The Morgan fingerprint density at radius 2 is 1.13 bits per heavy atom. The van der Waals surface area contributed by atoms with Crippen LogP contribution in [0.2, 0.25) is 0 Å². The minimum atomic E-state index is -0.538. The molecule has 0 bridgehead atoms. The molecule has 0 saturated heterocycles. The van der Waals surface area contributed by atoms with E-state index in [4.69, 9.17) is 9.47 Å². The molecule has 0 amide bonds. The van der Waals surface area contributed by atoms with E-state index in [9.17, 15) is 0 Å². The molecule has 222 valence electrons. The molecule has 2 aromatic rings. The number of ether oxygens (including phenoxy) is 2. The fourth-order valence-corrected chi connectivity index (χ4v) is 11.3. The number of hydrogen-bond donors (Lipinski definition) is 0. The van der Waals surface area contributed by atoms with E-state index >= 15 is 0 Å². The van der Waals surface area contributed by atoms with Crippen molar-refractivity contribution in [2.24, 2.45) is 5.92 Å². The van der Waals surface area contributed by atoms with Gasteiger partial charge in [-0.25, -0.2) is 0 Å². The topological polar surface area (TPSA) is 21.7 Å². The smallest absolute Gasteiger partial charge is 0.124 e. The summed E-state index contributed by atoms with van der Waals surface area (Å²) in [6.07, 6.45) is 10.0. The van der Waals surface area contributed by atoms with Crippen molar-refractivity contribution in [1.29, 1.82) is 0 Å². The van der Waals surface area contributed by atoms with Crippen molar-refractivity contribution in [2.45, 2.75) is 96.1 Å². The summed E-state index contributed by atoms with van der Waals surface area (Å²) in [5.74, 6) is 2.67. The molecule has 0 N–H and O–H groups in total. The molecule has 4 rings (SSSR count). The summed E-state index contributed by atoms with van der Waals surface area (Å²) in [6.45, 7) is 11.1. The van der Waals surface area contributed by atoms with E-state index in [-0.39, 0.29) is 24.5 Å². The fraction of sp³-hybridized carbons (Fsp3) is 0.606. The molecule has 0 spiro atoms. The number of hydrogen-bond acceptors (Lipinski definition) is 3. The van der Waals surface area contributed by atoms with Crippen LogP contribution in [0, 0.1) is 41.0 Å². The van der Waals surface area contributed by atoms with Crippen LogP contribution in [0.1, 0.15) is 74.1 Å². The minimum Gasteiger partial charge on any atom is -0.496 e. The van der Waals surface area contributed by atoms with Crippen LogP contribution < -0.4 is 20.1 Å². The van der Waals surface area contributed by atoms with Crippen LogP contribution in [0.15, 0.2) is 24.3 Å². The van der Waals surface area contributed by atoms with E-state index in [2.05, 4.69) is 93.8 Å². The summed E-state index contributed by atoms with van der Waals surface area (Å²) in [5.41, 5.74) is 5.48. The van der Waals surface area contributed by atoms with Crippen LogP contribution in [-0.4, -0.2) is 49.7 Å². The Hall–Kier alpha value is -0.571. The van der Waals surface area contributed by atoms with E-state index in [1.165, 1.54) is 77.8 Å². The van der Waals surface area contributed by atoms with E-state index in [1.54, 1.807) is 14.2 Å². The largest absolute Gasteiger partial charge is 0.496 e. The van der Waals surface area contributed by atoms with Crippen molar-refractivity contribution in [1.82, 2.24) is 4.90 Å². The van der Waals surface area contributed by atoms with Crippen LogP contribution in [-0.2, 0) is 17.1 Å². The number of methoxy groups -OCH3 is 2. The number of alkyl halides is 1. The average molecular weight is 662 g/mol. The predicted octanol–water partition coefficient (Wildman–Crippen LogP) is 8.26. The van der Waals surface area contributed by atoms with Gasteiger partial charge in [0.25, 0.3) is 0 Å². The molecule has 2 fully saturated rings. The molecule has 2 aromatic carbocycles. The summed E-state index contributed by atoms with van der Waals surface area (Å²) < 4.78 is 11.4. The van der Waals surface area contributed by atoms with Gasteiger partial charge in [-0.3, -0.25) is 0 Å². The maximum Gasteiger partial charge on any atom is 0.124 e. The van der Waals surface area contributed by atoms with Crippen molar-refractivity contribution in [2.75, 3.05) is 28.3 Å². The fourth-order valence-electron chi connectivity index (χ4n) is 6.32. The first kappa shape index (κ1) is 36.5. The summed E-state index contributed by atoms with van der Waals surface area (Å²) >= 11 is 4.21. The van der Waals surface area contributed by atoms with Crippen molar-refractivity contribution < 1.29 is 26.5 Å². The molecule has 3 nitrogen and oxygen atoms in total. The zero-order valence-electron chi connectivity index (χ0n) is 26.0. The molecule has 2 aliphatic rings. The maximum absolute atomic E-state index is 5.68. The Morgan fingerprint density at radius 3 is 1.44 bits per heavy atom. The molecule has 3 unspecified atom stereocenters. The van der Waals surface area contributed by atoms with Crippen LogP contribution >= 0.6 is 23.9 Å². The van der Waals surface area contributed by atoms with Crippen LogP contribution in [0.3, 0.4) is 0 Å². The number of halogens is 1. The third-order valence-electron chi connectivity index (χ3n) is 8.44. The van der Waals surface area contributed by atoms with Crippen LogP contribution in [0.4, 0.5) is 0 Å². The number of benzene rings is 2. The van der Waals surface area contributed by atoms with E-state index in [1.807, 2.05) is 0 Å². The quantitative estimate of drug-likeness (QED) is 0.129.